The minimum atomic E-state index is -1.12. The van der Waals surface area contributed by atoms with E-state index in [1.807, 2.05) is 35.3 Å². The number of rotatable bonds is 3. The highest BCUT2D eigenvalue weighted by molar-refractivity contribution is 5.16. The average molecular weight is 389 g/mol. The second-order valence-electron chi connectivity index (χ2n) is 6.46. The number of halogens is 1. The molecule has 2 aliphatic heterocycles. The molecule has 1 aromatic carbocycles. The molecule has 2 aliphatic rings. The molecule has 146 valence electrons. The molecule has 0 radical (unpaired) electrons. The van der Waals surface area contributed by atoms with Crippen LogP contribution in [0.25, 0.3) is 10.4 Å². The molecule has 2 saturated heterocycles. The molecule has 11 heteroatoms. The molecule has 1 aromatic heterocycles. The van der Waals surface area contributed by atoms with E-state index in [1.165, 1.54) is 0 Å². The van der Waals surface area contributed by atoms with E-state index in [4.69, 9.17) is 19.7 Å². The van der Waals surface area contributed by atoms with Gasteiger partial charge < -0.3 is 14.2 Å². The van der Waals surface area contributed by atoms with Crippen LogP contribution in [-0.4, -0.2) is 34.4 Å². The molecule has 0 amide bonds. The highest BCUT2D eigenvalue weighted by atomic mass is 19.1. The molecule has 1 N–H and O–H groups in total. The van der Waals surface area contributed by atoms with Crippen LogP contribution in [0.3, 0.4) is 0 Å². The van der Waals surface area contributed by atoms with E-state index in [0.29, 0.717) is 0 Å². The van der Waals surface area contributed by atoms with Crippen molar-refractivity contribution < 1.29 is 18.6 Å². The highest BCUT2D eigenvalue weighted by Crippen LogP contribution is 2.37. The van der Waals surface area contributed by atoms with Gasteiger partial charge in [0.25, 0.3) is 5.56 Å². The number of nitrogens with zero attached hydrogens (tertiary/aromatic N) is 4. The molecule has 0 spiro atoms. The summed E-state index contributed by atoms with van der Waals surface area (Å²) < 4.78 is 32.1. The van der Waals surface area contributed by atoms with Gasteiger partial charge in [0.15, 0.2) is 6.29 Å². The summed E-state index contributed by atoms with van der Waals surface area (Å²) >= 11 is 0. The fourth-order valence-electron chi connectivity index (χ4n) is 3.42. The Morgan fingerprint density at radius 1 is 1.25 bits per heavy atom. The molecular weight excluding hydrogens is 373 g/mol. The third-order valence-corrected chi connectivity index (χ3v) is 4.72. The van der Waals surface area contributed by atoms with E-state index in [0.717, 1.165) is 16.3 Å². The standard InChI is InChI=1S/C17H16FN5O5/c18-10-7-23(17(25)20-15(10)24)13-6-11(21-22-19)14-12(27-13)8-26-16(28-14)9-4-2-1-3-5-9/h1-5,7,11-14,16H,6,8H2,(H,20,24,25)/t11-,12-,13-,14+,16?/m1/s1. The maximum Gasteiger partial charge on any atom is 0.330 e. The monoisotopic (exact) mass is 389 g/mol. The maximum atomic E-state index is 13.6. The second-order valence-corrected chi connectivity index (χ2v) is 6.46. The van der Waals surface area contributed by atoms with Crippen LogP contribution in [-0.2, 0) is 14.2 Å². The second kappa shape index (κ2) is 7.56. The van der Waals surface area contributed by atoms with Gasteiger partial charge in [0.1, 0.15) is 12.3 Å². The maximum absolute atomic E-state index is 13.6. The van der Waals surface area contributed by atoms with E-state index in [-0.39, 0.29) is 13.0 Å². The van der Waals surface area contributed by atoms with Crippen molar-refractivity contribution in [1.29, 1.82) is 0 Å². The van der Waals surface area contributed by atoms with E-state index in [1.54, 1.807) is 0 Å². The van der Waals surface area contributed by atoms with Crippen molar-refractivity contribution in [1.82, 2.24) is 9.55 Å². The van der Waals surface area contributed by atoms with Crippen LogP contribution in [0.1, 0.15) is 24.5 Å². The lowest BCUT2D eigenvalue weighted by atomic mass is 9.97. The molecule has 4 rings (SSSR count). The van der Waals surface area contributed by atoms with Crippen LogP contribution in [0.5, 0.6) is 0 Å². The summed E-state index contributed by atoms with van der Waals surface area (Å²) in [5.41, 5.74) is 7.81. The first-order valence-electron chi connectivity index (χ1n) is 8.59. The van der Waals surface area contributed by atoms with Gasteiger partial charge >= 0.3 is 5.69 Å². The van der Waals surface area contributed by atoms with Crippen LogP contribution in [0, 0.1) is 5.82 Å². The molecule has 5 atom stereocenters. The third kappa shape index (κ3) is 3.43. The minimum Gasteiger partial charge on any atom is -0.349 e. The number of aromatic amines is 1. The normalized spacial score (nSPS) is 29.5. The molecule has 0 saturated carbocycles. The van der Waals surface area contributed by atoms with Gasteiger partial charge in [-0.15, -0.1) is 0 Å². The number of fused-ring (bicyclic) bond motifs is 1. The van der Waals surface area contributed by atoms with Gasteiger partial charge in [-0.2, -0.15) is 4.39 Å². The molecular formula is C17H16FN5O5. The molecule has 3 heterocycles. The number of hydrogen-bond donors (Lipinski definition) is 1. The number of nitrogens with one attached hydrogen (secondary N) is 1. The van der Waals surface area contributed by atoms with Crippen molar-refractivity contribution in [3.63, 3.8) is 0 Å². The van der Waals surface area contributed by atoms with Gasteiger partial charge in [-0.1, -0.05) is 35.4 Å². The smallest absolute Gasteiger partial charge is 0.330 e. The number of benzene rings is 1. The molecule has 1 unspecified atom stereocenters. The first-order chi connectivity index (χ1) is 13.6. The predicted octanol–water partition coefficient (Wildman–Crippen LogP) is 1.76. The largest absolute Gasteiger partial charge is 0.349 e. The van der Waals surface area contributed by atoms with Gasteiger partial charge in [0.05, 0.1) is 24.9 Å². The number of ether oxygens (including phenoxy) is 3. The fraction of sp³-hybridized carbons (Fsp3) is 0.412. The van der Waals surface area contributed by atoms with Gasteiger partial charge in [0, 0.05) is 16.9 Å². The first kappa shape index (κ1) is 18.4. The van der Waals surface area contributed by atoms with E-state index in [2.05, 4.69) is 10.0 Å². The van der Waals surface area contributed by atoms with Gasteiger partial charge in [-0.05, 0) is 5.53 Å². The van der Waals surface area contributed by atoms with E-state index < -0.39 is 47.8 Å². The van der Waals surface area contributed by atoms with Gasteiger partial charge in [0.2, 0.25) is 5.82 Å². The topological polar surface area (TPSA) is 131 Å². The summed E-state index contributed by atoms with van der Waals surface area (Å²) in [5, 5.41) is 3.78. The summed E-state index contributed by atoms with van der Waals surface area (Å²) in [6.07, 6.45) is -2.00. The number of aromatic nitrogens is 2. The molecule has 2 fully saturated rings. The number of hydrogen-bond acceptors (Lipinski definition) is 6. The summed E-state index contributed by atoms with van der Waals surface area (Å²) in [4.78, 5) is 28.0. The SMILES string of the molecule is [N-]=[N+]=N[C@@H]1C[C@H](n2cc(F)c(=O)[nH]c2=O)O[C@@H]2COC(c3ccccc3)O[C@@H]12. The quantitative estimate of drug-likeness (QED) is 0.485. The van der Waals surface area contributed by atoms with Crippen molar-refractivity contribution in [3.8, 4) is 0 Å². The van der Waals surface area contributed by atoms with E-state index >= 15 is 0 Å². The minimum absolute atomic E-state index is 0.0676. The van der Waals surface area contributed by atoms with Crippen molar-refractivity contribution in [2.45, 2.75) is 37.2 Å². The summed E-state index contributed by atoms with van der Waals surface area (Å²) in [6.45, 7) is 0.124. The summed E-state index contributed by atoms with van der Waals surface area (Å²) in [6, 6.07) is 8.59. The highest BCUT2D eigenvalue weighted by Gasteiger charge is 2.45. The lowest BCUT2D eigenvalue weighted by molar-refractivity contribution is -0.300. The lowest BCUT2D eigenvalue weighted by Gasteiger charge is -2.44. The fourth-order valence-corrected chi connectivity index (χ4v) is 3.42. The predicted molar refractivity (Wildman–Crippen MR) is 92.7 cm³/mol. The Bertz CT molecular complexity index is 1020. The van der Waals surface area contributed by atoms with E-state index in [9.17, 15) is 14.0 Å². The molecule has 0 bridgehead atoms. The molecule has 2 aromatic rings. The summed E-state index contributed by atoms with van der Waals surface area (Å²) in [7, 11) is 0. The van der Waals surface area contributed by atoms with Gasteiger partial charge in [-0.25, -0.2) is 4.79 Å². The summed E-state index contributed by atoms with van der Waals surface area (Å²) in [5.74, 6) is -1.12. The van der Waals surface area contributed by atoms with Crippen molar-refractivity contribution >= 4 is 0 Å². The Morgan fingerprint density at radius 3 is 2.79 bits per heavy atom. The Kier molecular flexibility index (Phi) is 4.97. The first-order valence-corrected chi connectivity index (χ1v) is 8.59. The zero-order chi connectivity index (χ0) is 19.7. The zero-order valence-electron chi connectivity index (χ0n) is 14.5. The Hall–Kier alpha value is -2.98. The molecule has 28 heavy (non-hydrogen) atoms. The molecule has 10 nitrogen and oxygen atoms in total. The van der Waals surface area contributed by atoms with Crippen LogP contribution < -0.4 is 11.2 Å². The van der Waals surface area contributed by atoms with Crippen molar-refractivity contribution in [2.75, 3.05) is 6.61 Å². The Labute approximate surface area is 157 Å². The van der Waals surface area contributed by atoms with Crippen LogP contribution in [0.2, 0.25) is 0 Å². The van der Waals surface area contributed by atoms with Crippen LogP contribution in [0.15, 0.2) is 51.2 Å². The van der Waals surface area contributed by atoms with Crippen molar-refractivity contribution in [3.05, 3.63) is 79.2 Å². The third-order valence-electron chi connectivity index (χ3n) is 4.72. The Morgan fingerprint density at radius 2 is 2.04 bits per heavy atom. The Balaban J connectivity index is 1.61. The van der Waals surface area contributed by atoms with Crippen LogP contribution >= 0.6 is 0 Å². The lowest BCUT2D eigenvalue weighted by Crippen LogP contribution is -2.54. The van der Waals surface area contributed by atoms with Crippen molar-refractivity contribution in [2.24, 2.45) is 5.11 Å². The van der Waals surface area contributed by atoms with Crippen LogP contribution in [0.4, 0.5) is 4.39 Å². The molecule has 0 aliphatic carbocycles. The average Bonchev–Trinajstić information content (AvgIpc) is 2.71. The number of azide groups is 1. The van der Waals surface area contributed by atoms with Gasteiger partial charge in [-0.3, -0.25) is 14.3 Å². The zero-order valence-corrected chi connectivity index (χ0v) is 14.5. The number of H-pyrrole nitrogens is 1.